The van der Waals surface area contributed by atoms with Crippen LogP contribution in [0.5, 0.6) is 0 Å². The average Bonchev–Trinajstić information content (AvgIpc) is 2.34. The van der Waals surface area contributed by atoms with Crippen LogP contribution in [0.15, 0.2) is 24.3 Å². The van der Waals surface area contributed by atoms with Gasteiger partial charge in [-0.3, -0.25) is 0 Å². The monoisotopic (exact) mass is 247 g/mol. The maximum atomic E-state index is 6.16. The molecule has 2 heteroatoms. The third-order valence-corrected chi connectivity index (χ3v) is 3.90. The van der Waals surface area contributed by atoms with Crippen molar-refractivity contribution in [1.29, 1.82) is 0 Å². The maximum absolute atomic E-state index is 6.16. The Morgan fingerprint density at radius 3 is 2.78 bits per heavy atom. The highest BCUT2D eigenvalue weighted by Gasteiger charge is 2.25. The summed E-state index contributed by atoms with van der Waals surface area (Å²) in [6.45, 7) is 7.13. The lowest BCUT2D eigenvalue weighted by atomic mass is 9.87. The standard InChI is InChI=1S/C16H25NO/c1-16(2,3)15(17)11-18-14-10-6-8-12-7-4-5-9-13(12)14/h4-5,7,9,14-15H,6,8,10-11,17H2,1-3H3. The molecule has 1 aromatic carbocycles. The first kappa shape index (κ1) is 13.6. The molecule has 0 aromatic heterocycles. The van der Waals surface area contributed by atoms with Crippen molar-refractivity contribution in [2.45, 2.75) is 52.2 Å². The van der Waals surface area contributed by atoms with Crippen molar-refractivity contribution in [3.8, 4) is 0 Å². The third-order valence-electron chi connectivity index (χ3n) is 3.90. The summed E-state index contributed by atoms with van der Waals surface area (Å²) in [4.78, 5) is 0. The van der Waals surface area contributed by atoms with E-state index in [1.807, 2.05) is 0 Å². The predicted octanol–water partition coefficient (Wildman–Crippen LogP) is 3.45. The van der Waals surface area contributed by atoms with Crippen molar-refractivity contribution in [3.05, 3.63) is 35.4 Å². The van der Waals surface area contributed by atoms with Crippen LogP contribution in [0.4, 0.5) is 0 Å². The van der Waals surface area contributed by atoms with Crippen LogP contribution in [-0.2, 0) is 11.2 Å². The van der Waals surface area contributed by atoms with Crippen LogP contribution in [0.3, 0.4) is 0 Å². The van der Waals surface area contributed by atoms with Gasteiger partial charge in [0.15, 0.2) is 0 Å². The van der Waals surface area contributed by atoms with Gasteiger partial charge in [-0.1, -0.05) is 45.0 Å². The van der Waals surface area contributed by atoms with Crippen molar-refractivity contribution < 1.29 is 4.74 Å². The quantitative estimate of drug-likeness (QED) is 0.888. The van der Waals surface area contributed by atoms with Crippen LogP contribution < -0.4 is 5.73 Å². The molecule has 1 aromatic rings. The normalized spacial score (nSPS) is 21.4. The van der Waals surface area contributed by atoms with Crippen molar-refractivity contribution >= 4 is 0 Å². The number of nitrogens with two attached hydrogens (primary N) is 1. The van der Waals surface area contributed by atoms with E-state index in [-0.39, 0.29) is 17.6 Å². The van der Waals surface area contributed by atoms with Gasteiger partial charge < -0.3 is 10.5 Å². The molecule has 2 N–H and O–H groups in total. The molecule has 0 heterocycles. The van der Waals surface area contributed by atoms with E-state index in [1.165, 1.54) is 24.0 Å². The molecule has 0 aliphatic heterocycles. The van der Waals surface area contributed by atoms with Crippen molar-refractivity contribution in [2.75, 3.05) is 6.61 Å². The second kappa shape index (κ2) is 5.41. The Morgan fingerprint density at radius 1 is 1.33 bits per heavy atom. The SMILES string of the molecule is CC(C)(C)C(N)COC1CCCc2ccccc21. The zero-order chi connectivity index (χ0) is 13.2. The van der Waals surface area contributed by atoms with E-state index in [0.717, 1.165) is 6.42 Å². The van der Waals surface area contributed by atoms with Crippen LogP contribution in [0.25, 0.3) is 0 Å². The van der Waals surface area contributed by atoms with Gasteiger partial charge in [0.05, 0.1) is 12.7 Å². The Labute approximate surface area is 111 Å². The van der Waals surface area contributed by atoms with Crippen LogP contribution in [0.2, 0.25) is 0 Å². The smallest absolute Gasteiger partial charge is 0.0828 e. The van der Waals surface area contributed by atoms with E-state index in [2.05, 4.69) is 45.0 Å². The largest absolute Gasteiger partial charge is 0.372 e. The third kappa shape index (κ3) is 3.12. The van der Waals surface area contributed by atoms with Gasteiger partial charge >= 0.3 is 0 Å². The Morgan fingerprint density at radius 2 is 2.06 bits per heavy atom. The Balaban J connectivity index is 2.00. The summed E-state index contributed by atoms with van der Waals surface area (Å²) in [5.41, 5.74) is 9.08. The number of fused-ring (bicyclic) bond motifs is 1. The van der Waals surface area contributed by atoms with Gasteiger partial charge in [0.25, 0.3) is 0 Å². The van der Waals surface area contributed by atoms with Crippen molar-refractivity contribution in [3.63, 3.8) is 0 Å². The minimum atomic E-state index is 0.0894. The zero-order valence-electron chi connectivity index (χ0n) is 11.8. The van der Waals surface area contributed by atoms with Crippen LogP contribution in [0.1, 0.15) is 50.8 Å². The van der Waals surface area contributed by atoms with Gasteiger partial charge in [-0.15, -0.1) is 0 Å². The van der Waals surface area contributed by atoms with Gasteiger partial charge in [0, 0.05) is 6.04 Å². The fourth-order valence-corrected chi connectivity index (χ4v) is 2.35. The second-order valence-electron chi connectivity index (χ2n) is 6.39. The molecule has 0 radical (unpaired) electrons. The lowest BCUT2D eigenvalue weighted by Crippen LogP contribution is -2.39. The molecule has 18 heavy (non-hydrogen) atoms. The zero-order valence-corrected chi connectivity index (χ0v) is 11.8. The van der Waals surface area contributed by atoms with Crippen LogP contribution in [0, 0.1) is 5.41 Å². The predicted molar refractivity (Wildman–Crippen MR) is 75.5 cm³/mol. The molecule has 2 rings (SSSR count). The summed E-state index contributed by atoms with van der Waals surface area (Å²) < 4.78 is 6.07. The molecule has 0 amide bonds. The highest BCUT2D eigenvalue weighted by Crippen LogP contribution is 2.32. The summed E-state index contributed by atoms with van der Waals surface area (Å²) in [7, 11) is 0. The first-order chi connectivity index (χ1) is 8.48. The molecule has 2 unspecified atom stereocenters. The average molecular weight is 247 g/mol. The number of aryl methyl sites for hydroxylation is 1. The Kier molecular flexibility index (Phi) is 4.08. The number of hydrogen-bond donors (Lipinski definition) is 1. The first-order valence-corrected chi connectivity index (χ1v) is 6.93. The van der Waals surface area contributed by atoms with Gasteiger partial charge in [-0.25, -0.2) is 0 Å². The summed E-state index contributed by atoms with van der Waals surface area (Å²) in [6, 6.07) is 8.72. The fraction of sp³-hybridized carbons (Fsp3) is 0.625. The number of rotatable bonds is 3. The summed E-state index contributed by atoms with van der Waals surface area (Å²) in [5.74, 6) is 0. The number of benzene rings is 1. The van der Waals surface area contributed by atoms with E-state index in [4.69, 9.17) is 10.5 Å². The molecule has 1 aliphatic carbocycles. The molecule has 0 spiro atoms. The topological polar surface area (TPSA) is 35.2 Å². The Bertz CT molecular complexity index is 394. The maximum Gasteiger partial charge on any atom is 0.0828 e. The molecule has 100 valence electrons. The summed E-state index contributed by atoms with van der Waals surface area (Å²) in [6.07, 6.45) is 3.75. The lowest BCUT2D eigenvalue weighted by Gasteiger charge is -2.31. The van der Waals surface area contributed by atoms with Gasteiger partial charge in [-0.05, 0) is 35.8 Å². The number of hydrogen-bond acceptors (Lipinski definition) is 2. The summed E-state index contributed by atoms with van der Waals surface area (Å²) >= 11 is 0. The van der Waals surface area contributed by atoms with Crippen LogP contribution in [-0.4, -0.2) is 12.6 Å². The molecule has 0 saturated heterocycles. The van der Waals surface area contributed by atoms with E-state index in [0.29, 0.717) is 6.61 Å². The van der Waals surface area contributed by atoms with Crippen LogP contribution >= 0.6 is 0 Å². The molecule has 0 bridgehead atoms. The minimum Gasteiger partial charge on any atom is -0.372 e. The Hall–Kier alpha value is -0.860. The molecule has 0 fully saturated rings. The highest BCUT2D eigenvalue weighted by atomic mass is 16.5. The molecule has 1 aliphatic rings. The van der Waals surface area contributed by atoms with E-state index >= 15 is 0 Å². The molecular weight excluding hydrogens is 222 g/mol. The summed E-state index contributed by atoms with van der Waals surface area (Å²) in [5, 5.41) is 0. The first-order valence-electron chi connectivity index (χ1n) is 6.93. The van der Waals surface area contributed by atoms with Gasteiger partial charge in [-0.2, -0.15) is 0 Å². The second-order valence-corrected chi connectivity index (χ2v) is 6.39. The van der Waals surface area contributed by atoms with E-state index < -0.39 is 0 Å². The van der Waals surface area contributed by atoms with Crippen molar-refractivity contribution in [2.24, 2.45) is 11.1 Å². The molecule has 0 saturated carbocycles. The fourth-order valence-electron chi connectivity index (χ4n) is 2.35. The van der Waals surface area contributed by atoms with E-state index in [1.54, 1.807) is 0 Å². The van der Waals surface area contributed by atoms with Gasteiger partial charge in [0.1, 0.15) is 0 Å². The van der Waals surface area contributed by atoms with Crippen molar-refractivity contribution in [1.82, 2.24) is 0 Å². The van der Waals surface area contributed by atoms with E-state index in [9.17, 15) is 0 Å². The van der Waals surface area contributed by atoms with Gasteiger partial charge in [0.2, 0.25) is 0 Å². The molecule has 2 atom stereocenters. The highest BCUT2D eigenvalue weighted by molar-refractivity contribution is 5.31. The molecule has 2 nitrogen and oxygen atoms in total. The number of ether oxygens (including phenoxy) is 1. The minimum absolute atomic E-state index is 0.0894. The lowest BCUT2D eigenvalue weighted by molar-refractivity contribution is 0.0155. The molecular formula is C16H25NO.